The van der Waals surface area contributed by atoms with Crippen LogP contribution in [0.25, 0.3) is 0 Å². The molecule has 0 aromatic heterocycles. The van der Waals surface area contributed by atoms with Gasteiger partial charge in [0.2, 0.25) is 0 Å². The van der Waals surface area contributed by atoms with E-state index in [1.165, 1.54) is 36.0 Å². The SMILES string of the molecule is CC(C)c1cc(CN)c2c(c1)CCC2. The molecule has 1 aliphatic carbocycles. The van der Waals surface area contributed by atoms with E-state index in [4.69, 9.17) is 5.73 Å². The minimum absolute atomic E-state index is 0.617. The number of hydrogen-bond donors (Lipinski definition) is 1. The zero-order valence-corrected chi connectivity index (χ0v) is 9.14. The van der Waals surface area contributed by atoms with E-state index in [0.717, 1.165) is 0 Å². The molecule has 0 atom stereocenters. The summed E-state index contributed by atoms with van der Waals surface area (Å²) in [5.41, 5.74) is 11.7. The molecule has 0 aliphatic heterocycles. The summed E-state index contributed by atoms with van der Waals surface area (Å²) >= 11 is 0. The number of rotatable bonds is 2. The van der Waals surface area contributed by atoms with Crippen LogP contribution in [-0.4, -0.2) is 0 Å². The molecule has 0 saturated carbocycles. The lowest BCUT2D eigenvalue weighted by Gasteiger charge is -2.12. The van der Waals surface area contributed by atoms with Crippen LogP contribution in [0.2, 0.25) is 0 Å². The van der Waals surface area contributed by atoms with Crippen molar-refractivity contribution in [2.75, 3.05) is 0 Å². The van der Waals surface area contributed by atoms with E-state index < -0.39 is 0 Å². The van der Waals surface area contributed by atoms with Crippen molar-refractivity contribution < 1.29 is 0 Å². The Bertz CT molecular complexity index is 339. The van der Waals surface area contributed by atoms with Crippen LogP contribution in [0.1, 0.15) is 48.4 Å². The van der Waals surface area contributed by atoms with Crippen LogP contribution >= 0.6 is 0 Å². The van der Waals surface area contributed by atoms with Crippen molar-refractivity contribution in [3.8, 4) is 0 Å². The van der Waals surface area contributed by atoms with Gasteiger partial charge in [-0.25, -0.2) is 0 Å². The summed E-state index contributed by atoms with van der Waals surface area (Å²) < 4.78 is 0. The summed E-state index contributed by atoms with van der Waals surface area (Å²) in [7, 11) is 0. The molecule has 76 valence electrons. The second-order valence-corrected chi connectivity index (χ2v) is 4.53. The summed E-state index contributed by atoms with van der Waals surface area (Å²) in [5, 5.41) is 0. The second kappa shape index (κ2) is 3.74. The van der Waals surface area contributed by atoms with E-state index in [-0.39, 0.29) is 0 Å². The molecule has 0 heterocycles. The fourth-order valence-electron chi connectivity index (χ4n) is 2.34. The van der Waals surface area contributed by atoms with Gasteiger partial charge in [0.05, 0.1) is 0 Å². The van der Waals surface area contributed by atoms with Gasteiger partial charge in [0.15, 0.2) is 0 Å². The summed E-state index contributed by atoms with van der Waals surface area (Å²) in [6, 6.07) is 4.68. The quantitative estimate of drug-likeness (QED) is 0.760. The Morgan fingerprint density at radius 3 is 2.71 bits per heavy atom. The van der Waals surface area contributed by atoms with Gasteiger partial charge in [-0.1, -0.05) is 26.0 Å². The molecule has 1 heteroatoms. The summed E-state index contributed by atoms with van der Waals surface area (Å²) in [6.45, 7) is 5.19. The van der Waals surface area contributed by atoms with Crippen LogP contribution in [0, 0.1) is 0 Å². The number of nitrogens with two attached hydrogens (primary N) is 1. The highest BCUT2D eigenvalue weighted by molar-refractivity contribution is 5.42. The van der Waals surface area contributed by atoms with Gasteiger partial charge in [-0.3, -0.25) is 0 Å². The van der Waals surface area contributed by atoms with E-state index in [1.807, 2.05) is 0 Å². The first-order chi connectivity index (χ1) is 6.72. The lowest BCUT2D eigenvalue weighted by Crippen LogP contribution is -2.03. The Labute approximate surface area is 86.3 Å². The highest BCUT2D eigenvalue weighted by Crippen LogP contribution is 2.29. The predicted octanol–water partition coefficient (Wildman–Crippen LogP) is 2.76. The molecule has 0 saturated heterocycles. The first kappa shape index (κ1) is 9.72. The summed E-state index contributed by atoms with van der Waals surface area (Å²) in [4.78, 5) is 0. The lowest BCUT2D eigenvalue weighted by molar-refractivity contribution is 0.856. The smallest absolute Gasteiger partial charge is 0.0181 e. The number of hydrogen-bond acceptors (Lipinski definition) is 1. The maximum absolute atomic E-state index is 5.79. The van der Waals surface area contributed by atoms with Crippen molar-refractivity contribution in [3.05, 3.63) is 34.4 Å². The third kappa shape index (κ3) is 1.57. The van der Waals surface area contributed by atoms with Gasteiger partial charge in [-0.15, -0.1) is 0 Å². The molecule has 0 bridgehead atoms. The standard InChI is InChI=1S/C13H19N/c1-9(2)11-6-10-4-3-5-13(10)12(7-11)8-14/h6-7,9H,3-5,8,14H2,1-2H3. The Kier molecular flexibility index (Phi) is 2.60. The molecule has 2 N–H and O–H groups in total. The fraction of sp³-hybridized carbons (Fsp3) is 0.538. The van der Waals surface area contributed by atoms with Crippen molar-refractivity contribution in [1.82, 2.24) is 0 Å². The molecule has 0 spiro atoms. The third-order valence-corrected chi connectivity index (χ3v) is 3.22. The van der Waals surface area contributed by atoms with E-state index in [0.29, 0.717) is 12.5 Å². The van der Waals surface area contributed by atoms with Gasteiger partial charge < -0.3 is 5.73 Å². The molecule has 2 rings (SSSR count). The zero-order chi connectivity index (χ0) is 10.1. The molecule has 1 aliphatic rings. The average molecular weight is 189 g/mol. The topological polar surface area (TPSA) is 26.0 Å². The van der Waals surface area contributed by atoms with Crippen LogP contribution in [0.4, 0.5) is 0 Å². The van der Waals surface area contributed by atoms with Crippen LogP contribution in [0.15, 0.2) is 12.1 Å². The monoisotopic (exact) mass is 189 g/mol. The number of aryl methyl sites for hydroxylation is 1. The molecule has 1 aromatic rings. The van der Waals surface area contributed by atoms with E-state index in [9.17, 15) is 0 Å². The fourth-order valence-corrected chi connectivity index (χ4v) is 2.34. The number of benzene rings is 1. The maximum Gasteiger partial charge on any atom is 0.0181 e. The lowest BCUT2D eigenvalue weighted by atomic mass is 9.94. The van der Waals surface area contributed by atoms with Gasteiger partial charge in [0, 0.05) is 6.54 Å². The summed E-state index contributed by atoms with van der Waals surface area (Å²) in [5.74, 6) is 0.617. The first-order valence-corrected chi connectivity index (χ1v) is 5.57. The van der Waals surface area contributed by atoms with Gasteiger partial charge in [0.1, 0.15) is 0 Å². The molecule has 1 nitrogen and oxygen atoms in total. The Morgan fingerprint density at radius 1 is 1.29 bits per heavy atom. The molecule has 0 amide bonds. The molecule has 0 fully saturated rings. The minimum atomic E-state index is 0.617. The predicted molar refractivity (Wildman–Crippen MR) is 60.4 cm³/mol. The van der Waals surface area contributed by atoms with E-state index >= 15 is 0 Å². The van der Waals surface area contributed by atoms with Crippen LogP contribution in [-0.2, 0) is 19.4 Å². The van der Waals surface area contributed by atoms with Gasteiger partial charge in [-0.05, 0) is 47.4 Å². The van der Waals surface area contributed by atoms with E-state index in [2.05, 4.69) is 26.0 Å². The van der Waals surface area contributed by atoms with Crippen molar-refractivity contribution >= 4 is 0 Å². The van der Waals surface area contributed by atoms with Gasteiger partial charge >= 0.3 is 0 Å². The second-order valence-electron chi connectivity index (χ2n) is 4.53. The third-order valence-electron chi connectivity index (χ3n) is 3.22. The van der Waals surface area contributed by atoms with Crippen LogP contribution in [0.5, 0.6) is 0 Å². The van der Waals surface area contributed by atoms with Crippen LogP contribution in [0.3, 0.4) is 0 Å². The van der Waals surface area contributed by atoms with E-state index in [1.54, 1.807) is 5.56 Å². The molecular formula is C13H19N. The molecule has 0 radical (unpaired) electrons. The largest absolute Gasteiger partial charge is 0.326 e. The highest BCUT2D eigenvalue weighted by atomic mass is 14.5. The van der Waals surface area contributed by atoms with Gasteiger partial charge in [0.25, 0.3) is 0 Å². The first-order valence-electron chi connectivity index (χ1n) is 5.57. The van der Waals surface area contributed by atoms with Crippen molar-refractivity contribution in [1.29, 1.82) is 0 Å². The average Bonchev–Trinajstić information content (AvgIpc) is 2.63. The maximum atomic E-state index is 5.79. The van der Waals surface area contributed by atoms with Crippen LogP contribution < -0.4 is 5.73 Å². The Balaban J connectivity index is 2.49. The normalized spacial score (nSPS) is 14.9. The Morgan fingerprint density at radius 2 is 2.07 bits per heavy atom. The number of fused-ring (bicyclic) bond motifs is 1. The molecule has 1 aromatic carbocycles. The zero-order valence-electron chi connectivity index (χ0n) is 9.14. The molecule has 0 unspecified atom stereocenters. The highest BCUT2D eigenvalue weighted by Gasteiger charge is 2.16. The summed E-state index contributed by atoms with van der Waals surface area (Å²) in [6.07, 6.45) is 3.80. The molecular weight excluding hydrogens is 170 g/mol. The molecule has 14 heavy (non-hydrogen) atoms. The van der Waals surface area contributed by atoms with Crippen molar-refractivity contribution in [3.63, 3.8) is 0 Å². The Hall–Kier alpha value is -0.820. The van der Waals surface area contributed by atoms with Gasteiger partial charge in [-0.2, -0.15) is 0 Å². The minimum Gasteiger partial charge on any atom is -0.326 e. The van der Waals surface area contributed by atoms with Crippen molar-refractivity contribution in [2.24, 2.45) is 5.73 Å². The van der Waals surface area contributed by atoms with Crippen molar-refractivity contribution in [2.45, 2.75) is 45.6 Å².